The van der Waals surface area contributed by atoms with Gasteiger partial charge in [-0.2, -0.15) is 0 Å². The molecule has 1 aromatic carbocycles. The Balaban J connectivity index is 2.35. The van der Waals surface area contributed by atoms with Crippen molar-refractivity contribution in [3.05, 3.63) is 47.2 Å². The summed E-state index contributed by atoms with van der Waals surface area (Å²) in [5, 5.41) is 0. The van der Waals surface area contributed by atoms with Crippen LogP contribution >= 0.6 is 0 Å². The van der Waals surface area contributed by atoms with Crippen molar-refractivity contribution in [2.45, 2.75) is 32.8 Å². The quantitative estimate of drug-likeness (QED) is 0.653. The fourth-order valence-corrected chi connectivity index (χ4v) is 2.08. The number of benzene rings is 1. The van der Waals surface area contributed by atoms with E-state index in [0.717, 1.165) is 12.8 Å². The van der Waals surface area contributed by atoms with Gasteiger partial charge in [-0.15, -0.1) is 0 Å². The van der Waals surface area contributed by atoms with E-state index in [2.05, 4.69) is 38.1 Å². The average Bonchev–Trinajstić information content (AvgIpc) is 2.19. The van der Waals surface area contributed by atoms with Crippen LogP contribution in [0.1, 0.15) is 35.6 Å². The minimum Gasteiger partial charge on any atom is -0.494 e. The molecule has 0 saturated heterocycles. The minimum absolute atomic E-state index is 0.265. The van der Waals surface area contributed by atoms with Crippen LogP contribution in [0.2, 0.25) is 0 Å². The Bertz CT molecular complexity index is 332. The molecule has 1 atom stereocenters. The van der Waals surface area contributed by atoms with Crippen molar-refractivity contribution >= 4 is 0 Å². The van der Waals surface area contributed by atoms with Crippen LogP contribution in [0.4, 0.5) is 0 Å². The van der Waals surface area contributed by atoms with E-state index in [4.69, 9.17) is 4.74 Å². The van der Waals surface area contributed by atoms with E-state index < -0.39 is 0 Å². The average molecular weight is 188 g/mol. The van der Waals surface area contributed by atoms with Crippen LogP contribution in [0.5, 0.6) is 0 Å². The van der Waals surface area contributed by atoms with E-state index in [1.54, 1.807) is 0 Å². The van der Waals surface area contributed by atoms with Gasteiger partial charge < -0.3 is 4.74 Å². The molecule has 0 N–H and O–H groups in total. The molecule has 0 saturated carbocycles. The van der Waals surface area contributed by atoms with Gasteiger partial charge in [-0.1, -0.05) is 18.2 Å². The molecule has 0 aromatic heterocycles. The molecule has 0 bridgehead atoms. The maximum atomic E-state index is 5.65. The van der Waals surface area contributed by atoms with Gasteiger partial charge in [0.2, 0.25) is 0 Å². The van der Waals surface area contributed by atoms with E-state index in [0.29, 0.717) is 0 Å². The molecule has 2 rings (SSSR count). The highest BCUT2D eigenvalue weighted by Gasteiger charge is 2.17. The fraction of sp³-hybridized carbons (Fsp3) is 0.385. The molecule has 14 heavy (non-hydrogen) atoms. The molecule has 0 amide bonds. The van der Waals surface area contributed by atoms with Gasteiger partial charge in [0, 0.05) is 0 Å². The zero-order valence-electron chi connectivity index (χ0n) is 8.79. The standard InChI is InChI=1S/C13H16O/c1-10-6-5-7-11(2)13(10)12-8-3-4-9-14-12/h4-7,9,12H,3,8H2,1-2H3. The summed E-state index contributed by atoms with van der Waals surface area (Å²) in [6, 6.07) is 6.42. The topological polar surface area (TPSA) is 9.23 Å². The molecule has 1 aliphatic rings. The molecule has 0 radical (unpaired) electrons. The molecular formula is C13H16O. The summed E-state index contributed by atoms with van der Waals surface area (Å²) in [7, 11) is 0. The first-order valence-corrected chi connectivity index (χ1v) is 5.15. The van der Waals surface area contributed by atoms with E-state index in [-0.39, 0.29) is 6.10 Å². The van der Waals surface area contributed by atoms with Crippen LogP contribution in [0.25, 0.3) is 0 Å². The zero-order chi connectivity index (χ0) is 9.97. The lowest BCUT2D eigenvalue weighted by molar-refractivity contribution is 0.124. The second-order valence-corrected chi connectivity index (χ2v) is 3.88. The molecular weight excluding hydrogens is 172 g/mol. The van der Waals surface area contributed by atoms with Gasteiger partial charge in [0.1, 0.15) is 6.10 Å². The van der Waals surface area contributed by atoms with Crippen LogP contribution < -0.4 is 0 Å². The Morgan fingerprint density at radius 2 is 1.93 bits per heavy atom. The zero-order valence-corrected chi connectivity index (χ0v) is 8.79. The first-order chi connectivity index (χ1) is 6.79. The smallest absolute Gasteiger partial charge is 0.124 e. The largest absolute Gasteiger partial charge is 0.494 e. The summed E-state index contributed by atoms with van der Waals surface area (Å²) in [6.45, 7) is 4.31. The van der Waals surface area contributed by atoms with Crippen molar-refractivity contribution in [1.82, 2.24) is 0 Å². The maximum absolute atomic E-state index is 5.65. The van der Waals surface area contributed by atoms with Crippen LogP contribution in [-0.4, -0.2) is 0 Å². The van der Waals surface area contributed by atoms with E-state index in [1.807, 2.05) is 6.26 Å². The summed E-state index contributed by atoms with van der Waals surface area (Å²) in [5.74, 6) is 0. The highest BCUT2D eigenvalue weighted by atomic mass is 16.5. The number of hydrogen-bond donors (Lipinski definition) is 0. The number of allylic oxidation sites excluding steroid dienone is 1. The number of rotatable bonds is 1. The van der Waals surface area contributed by atoms with Gasteiger partial charge in [-0.05, 0) is 49.5 Å². The van der Waals surface area contributed by atoms with Crippen LogP contribution in [-0.2, 0) is 4.74 Å². The predicted molar refractivity (Wildman–Crippen MR) is 58.1 cm³/mol. The maximum Gasteiger partial charge on any atom is 0.124 e. The normalized spacial score (nSPS) is 20.6. The Kier molecular flexibility index (Phi) is 2.58. The van der Waals surface area contributed by atoms with Gasteiger partial charge in [-0.3, -0.25) is 0 Å². The van der Waals surface area contributed by atoms with Gasteiger partial charge >= 0.3 is 0 Å². The van der Waals surface area contributed by atoms with Crippen molar-refractivity contribution < 1.29 is 4.74 Å². The Morgan fingerprint density at radius 3 is 2.50 bits per heavy atom. The number of ether oxygens (including phenoxy) is 1. The summed E-state index contributed by atoms with van der Waals surface area (Å²) in [6.07, 6.45) is 6.41. The summed E-state index contributed by atoms with van der Waals surface area (Å²) >= 11 is 0. The van der Waals surface area contributed by atoms with Crippen molar-refractivity contribution in [3.8, 4) is 0 Å². The molecule has 1 aliphatic heterocycles. The van der Waals surface area contributed by atoms with Gasteiger partial charge in [0.05, 0.1) is 6.26 Å². The van der Waals surface area contributed by atoms with Crippen LogP contribution in [0.15, 0.2) is 30.5 Å². The molecule has 1 heteroatoms. The van der Waals surface area contributed by atoms with Gasteiger partial charge in [-0.25, -0.2) is 0 Å². The van der Waals surface area contributed by atoms with Crippen molar-refractivity contribution in [1.29, 1.82) is 0 Å². The summed E-state index contributed by atoms with van der Waals surface area (Å²) in [4.78, 5) is 0. The van der Waals surface area contributed by atoms with Crippen LogP contribution in [0.3, 0.4) is 0 Å². The van der Waals surface area contributed by atoms with Crippen molar-refractivity contribution in [2.75, 3.05) is 0 Å². The SMILES string of the molecule is Cc1cccc(C)c1C1CCC=CO1. The summed E-state index contributed by atoms with van der Waals surface area (Å²) in [5.41, 5.74) is 4.05. The van der Waals surface area contributed by atoms with E-state index in [1.165, 1.54) is 16.7 Å². The Hall–Kier alpha value is -1.24. The first kappa shape index (κ1) is 9.32. The number of hydrogen-bond acceptors (Lipinski definition) is 1. The molecule has 0 fully saturated rings. The monoisotopic (exact) mass is 188 g/mol. The van der Waals surface area contributed by atoms with Gasteiger partial charge in [0.15, 0.2) is 0 Å². The third kappa shape index (κ3) is 1.67. The molecule has 0 spiro atoms. The Morgan fingerprint density at radius 1 is 1.21 bits per heavy atom. The van der Waals surface area contributed by atoms with E-state index >= 15 is 0 Å². The van der Waals surface area contributed by atoms with Crippen molar-refractivity contribution in [2.24, 2.45) is 0 Å². The van der Waals surface area contributed by atoms with E-state index in [9.17, 15) is 0 Å². The first-order valence-electron chi connectivity index (χ1n) is 5.15. The van der Waals surface area contributed by atoms with Crippen LogP contribution in [0, 0.1) is 13.8 Å². The molecule has 0 aliphatic carbocycles. The lowest BCUT2D eigenvalue weighted by Crippen LogP contribution is -2.07. The number of aryl methyl sites for hydroxylation is 2. The molecule has 74 valence electrons. The van der Waals surface area contributed by atoms with Gasteiger partial charge in [0.25, 0.3) is 0 Å². The summed E-state index contributed by atoms with van der Waals surface area (Å²) < 4.78 is 5.65. The predicted octanol–water partition coefficient (Wildman–Crippen LogP) is 3.67. The minimum atomic E-state index is 0.265. The third-order valence-corrected chi connectivity index (χ3v) is 2.80. The molecule has 1 nitrogen and oxygen atoms in total. The van der Waals surface area contributed by atoms with Crippen molar-refractivity contribution in [3.63, 3.8) is 0 Å². The second-order valence-electron chi connectivity index (χ2n) is 3.88. The third-order valence-electron chi connectivity index (χ3n) is 2.80. The lowest BCUT2D eigenvalue weighted by atomic mass is 9.94. The second kappa shape index (κ2) is 3.87. The fourth-order valence-electron chi connectivity index (χ4n) is 2.08. The lowest BCUT2D eigenvalue weighted by Gasteiger charge is -2.23. The molecule has 1 unspecified atom stereocenters. The Labute approximate surface area is 85.4 Å². The highest BCUT2D eigenvalue weighted by molar-refractivity contribution is 5.35. The highest BCUT2D eigenvalue weighted by Crippen LogP contribution is 2.31. The molecule has 1 aromatic rings. The molecule has 1 heterocycles.